The van der Waals surface area contributed by atoms with Crippen LogP contribution in [0.3, 0.4) is 0 Å². The second kappa shape index (κ2) is 4.65. The molecule has 1 N–H and O–H groups in total. The summed E-state index contributed by atoms with van der Waals surface area (Å²) in [4.78, 5) is 10.8. The average molecular weight is 194 g/mol. The van der Waals surface area contributed by atoms with E-state index >= 15 is 0 Å². The molecule has 0 aromatic rings. The van der Waals surface area contributed by atoms with Gasteiger partial charge in [0.05, 0.1) is 7.11 Å². The summed E-state index contributed by atoms with van der Waals surface area (Å²) >= 11 is 0. The number of carbonyl (C=O) groups is 1. The quantitative estimate of drug-likeness (QED) is 0.541. The molecule has 0 spiro atoms. The summed E-state index contributed by atoms with van der Waals surface area (Å²) in [5, 5.41) is 9.46. The van der Waals surface area contributed by atoms with Crippen molar-refractivity contribution < 1.29 is 14.6 Å². The van der Waals surface area contributed by atoms with Gasteiger partial charge in [-0.3, -0.25) is 0 Å². The molecule has 3 heteroatoms. The van der Waals surface area contributed by atoms with Crippen molar-refractivity contribution >= 4 is 5.97 Å². The topological polar surface area (TPSA) is 46.5 Å². The van der Waals surface area contributed by atoms with E-state index in [9.17, 15) is 9.90 Å². The molecule has 76 valence electrons. The highest BCUT2D eigenvalue weighted by Gasteiger charge is 2.09. The maximum absolute atomic E-state index is 10.8. The van der Waals surface area contributed by atoms with Crippen molar-refractivity contribution in [2.75, 3.05) is 7.11 Å². The number of aliphatic hydroxyl groups is 1. The lowest BCUT2D eigenvalue weighted by molar-refractivity contribution is -0.134. The van der Waals surface area contributed by atoms with E-state index < -0.39 is 5.97 Å². The van der Waals surface area contributed by atoms with Crippen molar-refractivity contribution in [1.29, 1.82) is 0 Å². The first-order valence-electron chi connectivity index (χ1n) is 4.51. The Bertz CT molecular complexity index is 310. The third kappa shape index (κ3) is 2.76. The Balaban J connectivity index is 2.72. The van der Waals surface area contributed by atoms with Gasteiger partial charge in [0.25, 0.3) is 0 Å². The van der Waals surface area contributed by atoms with Gasteiger partial charge in [-0.25, -0.2) is 4.79 Å². The molecule has 1 rings (SSSR count). The van der Waals surface area contributed by atoms with Crippen LogP contribution in [0.5, 0.6) is 0 Å². The van der Waals surface area contributed by atoms with E-state index in [1.54, 1.807) is 12.2 Å². The zero-order valence-electron chi connectivity index (χ0n) is 8.36. The van der Waals surface area contributed by atoms with Gasteiger partial charge in [-0.15, -0.1) is 0 Å². The molecular formula is C11H14O3. The van der Waals surface area contributed by atoms with Crippen molar-refractivity contribution in [1.82, 2.24) is 0 Å². The fraction of sp³-hybridized carbons (Fsp3) is 0.364. The zero-order chi connectivity index (χ0) is 10.6. The standard InChI is InChI=1S/C11H14O3/c1-8-3-5-10(12)9(7-8)4-6-11(13)14-2/h4-8,12H,3H2,1-2H3/b6-4+/t8-/m1/s1. The summed E-state index contributed by atoms with van der Waals surface area (Å²) in [5.41, 5.74) is 0.675. The Morgan fingerprint density at radius 1 is 1.71 bits per heavy atom. The van der Waals surface area contributed by atoms with E-state index in [4.69, 9.17) is 0 Å². The summed E-state index contributed by atoms with van der Waals surface area (Å²) in [6.45, 7) is 2.05. The van der Waals surface area contributed by atoms with E-state index in [-0.39, 0.29) is 5.76 Å². The summed E-state index contributed by atoms with van der Waals surface area (Å²) < 4.78 is 4.45. The molecular weight excluding hydrogens is 180 g/mol. The summed E-state index contributed by atoms with van der Waals surface area (Å²) in [6.07, 6.45) is 7.37. The number of carbonyl (C=O) groups excluding carboxylic acids is 1. The molecule has 1 aliphatic carbocycles. The normalized spacial score (nSPS) is 21.7. The van der Waals surface area contributed by atoms with Crippen LogP contribution in [0.15, 0.2) is 35.6 Å². The Morgan fingerprint density at radius 3 is 3.07 bits per heavy atom. The predicted molar refractivity (Wildman–Crippen MR) is 53.7 cm³/mol. The number of methoxy groups -OCH3 is 1. The number of rotatable bonds is 2. The number of hydrogen-bond acceptors (Lipinski definition) is 3. The number of esters is 1. The van der Waals surface area contributed by atoms with E-state index in [1.807, 2.05) is 6.08 Å². The fourth-order valence-corrected chi connectivity index (χ4v) is 1.24. The minimum Gasteiger partial charge on any atom is -0.508 e. The highest BCUT2D eigenvalue weighted by atomic mass is 16.5. The summed E-state index contributed by atoms with van der Waals surface area (Å²) in [6, 6.07) is 0. The second-order valence-electron chi connectivity index (χ2n) is 3.28. The number of hydrogen-bond donors (Lipinski definition) is 1. The van der Waals surface area contributed by atoms with Crippen LogP contribution >= 0.6 is 0 Å². The largest absolute Gasteiger partial charge is 0.508 e. The van der Waals surface area contributed by atoms with Gasteiger partial charge in [0.15, 0.2) is 0 Å². The first-order chi connectivity index (χ1) is 6.63. The monoisotopic (exact) mass is 194 g/mol. The molecule has 14 heavy (non-hydrogen) atoms. The Morgan fingerprint density at radius 2 is 2.43 bits per heavy atom. The molecule has 0 aliphatic heterocycles. The van der Waals surface area contributed by atoms with E-state index in [0.717, 1.165) is 6.42 Å². The van der Waals surface area contributed by atoms with Crippen LogP contribution in [0, 0.1) is 5.92 Å². The molecule has 0 bridgehead atoms. The predicted octanol–water partition coefficient (Wildman–Crippen LogP) is 2.12. The SMILES string of the molecule is COC(=O)/C=C/C1=C[C@H](C)CC=C1O. The Labute approximate surface area is 83.4 Å². The maximum Gasteiger partial charge on any atom is 0.330 e. The smallest absolute Gasteiger partial charge is 0.330 e. The first kappa shape index (κ1) is 10.6. The first-order valence-corrected chi connectivity index (χ1v) is 4.51. The third-order valence-electron chi connectivity index (χ3n) is 2.04. The van der Waals surface area contributed by atoms with E-state index in [2.05, 4.69) is 11.7 Å². The molecule has 1 atom stereocenters. The molecule has 0 radical (unpaired) electrons. The van der Waals surface area contributed by atoms with Crippen LogP contribution in [-0.2, 0) is 9.53 Å². The average Bonchev–Trinajstić information content (AvgIpc) is 2.19. The van der Waals surface area contributed by atoms with Crippen LogP contribution in [0.25, 0.3) is 0 Å². The van der Waals surface area contributed by atoms with Gasteiger partial charge in [0, 0.05) is 11.6 Å². The van der Waals surface area contributed by atoms with E-state index in [1.165, 1.54) is 13.2 Å². The van der Waals surface area contributed by atoms with Gasteiger partial charge in [0.2, 0.25) is 0 Å². The minimum absolute atomic E-state index is 0.225. The highest BCUT2D eigenvalue weighted by molar-refractivity contribution is 5.82. The van der Waals surface area contributed by atoms with Crippen LogP contribution in [0.4, 0.5) is 0 Å². The second-order valence-corrected chi connectivity index (χ2v) is 3.28. The van der Waals surface area contributed by atoms with E-state index in [0.29, 0.717) is 11.5 Å². The molecule has 0 heterocycles. The molecule has 0 aromatic heterocycles. The van der Waals surface area contributed by atoms with Crippen LogP contribution in [0.1, 0.15) is 13.3 Å². The van der Waals surface area contributed by atoms with Gasteiger partial charge in [0.1, 0.15) is 5.76 Å². The molecule has 3 nitrogen and oxygen atoms in total. The molecule has 0 unspecified atom stereocenters. The summed E-state index contributed by atoms with van der Waals surface area (Å²) in [5.74, 6) is 0.198. The van der Waals surface area contributed by atoms with Crippen LogP contribution in [-0.4, -0.2) is 18.2 Å². The van der Waals surface area contributed by atoms with Crippen molar-refractivity contribution in [2.24, 2.45) is 5.92 Å². The van der Waals surface area contributed by atoms with Crippen LogP contribution < -0.4 is 0 Å². The number of ether oxygens (including phenoxy) is 1. The lowest BCUT2D eigenvalue weighted by atomic mass is 9.96. The van der Waals surface area contributed by atoms with Crippen molar-refractivity contribution in [3.05, 3.63) is 35.6 Å². The van der Waals surface area contributed by atoms with Gasteiger partial charge in [-0.2, -0.15) is 0 Å². The fourth-order valence-electron chi connectivity index (χ4n) is 1.24. The van der Waals surface area contributed by atoms with Gasteiger partial charge >= 0.3 is 5.97 Å². The Kier molecular flexibility index (Phi) is 3.51. The molecule has 0 amide bonds. The van der Waals surface area contributed by atoms with Crippen LogP contribution in [0.2, 0.25) is 0 Å². The number of aliphatic hydroxyl groups excluding tert-OH is 1. The summed E-state index contributed by atoms with van der Waals surface area (Å²) in [7, 11) is 1.32. The van der Waals surface area contributed by atoms with Gasteiger partial charge in [-0.05, 0) is 24.5 Å². The Hall–Kier alpha value is -1.51. The molecule has 0 saturated carbocycles. The molecule has 1 aliphatic rings. The zero-order valence-corrected chi connectivity index (χ0v) is 8.36. The third-order valence-corrected chi connectivity index (χ3v) is 2.04. The molecule has 0 fully saturated rings. The lowest BCUT2D eigenvalue weighted by Gasteiger charge is -2.12. The molecule has 0 aromatic carbocycles. The van der Waals surface area contributed by atoms with Gasteiger partial charge < -0.3 is 9.84 Å². The van der Waals surface area contributed by atoms with Crippen molar-refractivity contribution in [2.45, 2.75) is 13.3 Å². The van der Waals surface area contributed by atoms with Crippen molar-refractivity contribution in [3.63, 3.8) is 0 Å². The molecule has 0 saturated heterocycles. The maximum atomic E-state index is 10.8. The van der Waals surface area contributed by atoms with Crippen molar-refractivity contribution in [3.8, 4) is 0 Å². The minimum atomic E-state index is -0.420. The highest BCUT2D eigenvalue weighted by Crippen LogP contribution is 2.21. The number of allylic oxidation sites excluding steroid dienone is 3. The van der Waals surface area contributed by atoms with Gasteiger partial charge in [-0.1, -0.05) is 13.0 Å². The lowest BCUT2D eigenvalue weighted by Crippen LogP contribution is -2.00.